The van der Waals surface area contributed by atoms with E-state index in [0.29, 0.717) is 39.1 Å². The molecule has 0 fully saturated rings. The lowest BCUT2D eigenvalue weighted by atomic mass is 9.98. The molecule has 1 aliphatic rings. The van der Waals surface area contributed by atoms with Gasteiger partial charge in [0.15, 0.2) is 5.78 Å². The summed E-state index contributed by atoms with van der Waals surface area (Å²) >= 11 is 7.05. The summed E-state index contributed by atoms with van der Waals surface area (Å²) < 4.78 is 8.24. The summed E-state index contributed by atoms with van der Waals surface area (Å²) in [5.74, 6) is 0.897. The average Bonchev–Trinajstić information content (AvgIpc) is 3.66. The van der Waals surface area contributed by atoms with E-state index in [1.54, 1.807) is 37.4 Å². The van der Waals surface area contributed by atoms with Crippen LogP contribution < -0.4 is 10.3 Å². The minimum Gasteiger partial charge on any atom is -0.497 e. The molecule has 45 heavy (non-hydrogen) atoms. The molecule has 0 amide bonds. The number of ketones is 1. The van der Waals surface area contributed by atoms with E-state index in [1.165, 1.54) is 4.57 Å². The second kappa shape index (κ2) is 12.1. The Morgan fingerprint density at radius 3 is 2.51 bits per heavy atom. The molecule has 4 aromatic carbocycles. The number of rotatable bonds is 8. The number of ether oxygens (including phenoxy) is 1. The van der Waals surface area contributed by atoms with E-state index in [2.05, 4.69) is 42.9 Å². The topological polar surface area (TPSA) is 92.6 Å². The summed E-state index contributed by atoms with van der Waals surface area (Å²) in [4.78, 5) is 36.2. The maximum atomic E-state index is 14.0. The van der Waals surface area contributed by atoms with Crippen molar-refractivity contribution in [1.82, 2.24) is 19.5 Å². The molecule has 0 spiro atoms. The van der Waals surface area contributed by atoms with Gasteiger partial charge in [-0.3, -0.25) is 19.2 Å². The molecule has 7 rings (SSSR count). The number of carbonyl (C=O) groups excluding carboxylic acids is 1. The second-order valence-corrected chi connectivity index (χ2v) is 12.7. The van der Waals surface area contributed by atoms with Gasteiger partial charge in [-0.05, 0) is 64.0 Å². The minimum atomic E-state index is -0.266. The van der Waals surface area contributed by atoms with Gasteiger partial charge in [0.25, 0.3) is 5.56 Å². The van der Waals surface area contributed by atoms with E-state index in [4.69, 9.17) is 14.8 Å². The average molecular weight is 725 g/mol. The Labute approximate surface area is 275 Å². The highest BCUT2D eigenvalue weighted by Crippen LogP contribution is 2.36. The molecule has 1 N–H and O–H groups in total. The van der Waals surface area contributed by atoms with Gasteiger partial charge in [0.2, 0.25) is 0 Å². The highest BCUT2D eigenvalue weighted by atomic mass is 79.9. The van der Waals surface area contributed by atoms with Crippen LogP contribution in [0.4, 0.5) is 0 Å². The number of aromatic amines is 1. The number of methoxy groups -OCH3 is 1. The number of aromatic nitrogens is 3. The molecule has 2 aromatic heterocycles. The molecular formula is C35H27Br2N5O3. The fourth-order valence-electron chi connectivity index (χ4n) is 5.93. The van der Waals surface area contributed by atoms with Gasteiger partial charge in [0, 0.05) is 38.0 Å². The van der Waals surface area contributed by atoms with Crippen LogP contribution in [0.25, 0.3) is 27.5 Å². The monoisotopic (exact) mass is 723 g/mol. The van der Waals surface area contributed by atoms with Crippen LogP contribution in [0, 0.1) is 0 Å². The molecule has 0 bridgehead atoms. The Bertz CT molecular complexity index is 2160. The van der Waals surface area contributed by atoms with E-state index < -0.39 is 0 Å². The number of nitrogens with zero attached hydrogens (tertiary/aromatic N) is 4. The fourth-order valence-corrected chi connectivity index (χ4v) is 7.25. The van der Waals surface area contributed by atoms with Crippen LogP contribution in [-0.2, 0) is 11.2 Å². The predicted molar refractivity (Wildman–Crippen MR) is 183 cm³/mol. The lowest BCUT2D eigenvalue weighted by molar-refractivity contribution is -0.120. The van der Waals surface area contributed by atoms with Gasteiger partial charge in [-0.1, -0.05) is 64.5 Å². The van der Waals surface area contributed by atoms with Crippen LogP contribution in [0.15, 0.2) is 116 Å². The third-order valence-electron chi connectivity index (χ3n) is 8.07. The Balaban J connectivity index is 1.27. The van der Waals surface area contributed by atoms with Crippen molar-refractivity contribution in [2.45, 2.75) is 18.9 Å². The van der Waals surface area contributed by atoms with E-state index in [0.717, 1.165) is 32.2 Å². The zero-order valence-electron chi connectivity index (χ0n) is 24.2. The number of nitrogens with one attached hydrogen (secondary N) is 1. The Morgan fingerprint density at radius 2 is 1.73 bits per heavy atom. The van der Waals surface area contributed by atoms with Crippen molar-refractivity contribution in [1.29, 1.82) is 0 Å². The zero-order valence-corrected chi connectivity index (χ0v) is 27.4. The number of halogens is 2. The third-order valence-corrected chi connectivity index (χ3v) is 9.13. The lowest BCUT2D eigenvalue weighted by Crippen LogP contribution is -2.30. The number of carbonyl (C=O) groups is 1. The molecule has 0 saturated heterocycles. The molecule has 6 aromatic rings. The van der Waals surface area contributed by atoms with Gasteiger partial charge >= 0.3 is 0 Å². The van der Waals surface area contributed by atoms with Gasteiger partial charge in [-0.25, -0.2) is 4.98 Å². The number of fused-ring (bicyclic) bond motifs is 2. The zero-order chi connectivity index (χ0) is 31.1. The summed E-state index contributed by atoms with van der Waals surface area (Å²) in [5.41, 5.74) is 4.89. The minimum absolute atomic E-state index is 0.0541. The summed E-state index contributed by atoms with van der Waals surface area (Å²) in [6.45, 7) is 0.0541. The number of para-hydroxylation sites is 1. The normalized spacial score (nSPS) is 14.7. The number of Topliss-reactive ketones (excluding diaryl/α,β-unsaturated/α-hetero) is 1. The molecule has 3 heterocycles. The molecule has 224 valence electrons. The number of hydrazone groups is 1. The van der Waals surface area contributed by atoms with Crippen LogP contribution in [0.1, 0.15) is 29.4 Å². The molecule has 1 aliphatic heterocycles. The van der Waals surface area contributed by atoms with Crippen LogP contribution >= 0.6 is 31.9 Å². The van der Waals surface area contributed by atoms with E-state index in [-0.39, 0.29) is 30.3 Å². The second-order valence-electron chi connectivity index (χ2n) is 10.9. The summed E-state index contributed by atoms with van der Waals surface area (Å²) in [6, 6.07) is 28.8. The number of H-pyrrole nitrogens is 1. The summed E-state index contributed by atoms with van der Waals surface area (Å²) in [7, 11) is 1.59. The maximum Gasteiger partial charge on any atom is 0.266 e. The van der Waals surface area contributed by atoms with Crippen molar-refractivity contribution in [3.63, 3.8) is 0 Å². The lowest BCUT2D eigenvalue weighted by Gasteiger charge is -2.23. The van der Waals surface area contributed by atoms with Crippen molar-refractivity contribution in [2.75, 3.05) is 13.7 Å². The number of hydrogen-bond acceptors (Lipinski definition) is 6. The van der Waals surface area contributed by atoms with Crippen molar-refractivity contribution in [3.8, 4) is 11.4 Å². The Morgan fingerprint density at radius 1 is 0.978 bits per heavy atom. The first-order valence-corrected chi connectivity index (χ1v) is 16.0. The number of benzene rings is 4. The molecule has 8 nitrogen and oxygen atoms in total. The van der Waals surface area contributed by atoms with Crippen LogP contribution in [0.5, 0.6) is 5.75 Å². The molecule has 0 radical (unpaired) electrons. The van der Waals surface area contributed by atoms with Crippen molar-refractivity contribution in [3.05, 3.63) is 133 Å². The van der Waals surface area contributed by atoms with Gasteiger partial charge in [0.1, 0.15) is 11.6 Å². The molecule has 1 atom stereocenters. The molecule has 10 heteroatoms. The van der Waals surface area contributed by atoms with Gasteiger partial charge in [-0.2, -0.15) is 5.10 Å². The Kier molecular flexibility index (Phi) is 7.85. The highest BCUT2D eigenvalue weighted by molar-refractivity contribution is 9.11. The first-order chi connectivity index (χ1) is 21.9. The molecular weight excluding hydrogens is 698 g/mol. The van der Waals surface area contributed by atoms with Crippen LogP contribution in [0.2, 0.25) is 0 Å². The van der Waals surface area contributed by atoms with Crippen LogP contribution in [-0.4, -0.2) is 44.7 Å². The van der Waals surface area contributed by atoms with Gasteiger partial charge in [0.05, 0.1) is 48.4 Å². The molecule has 0 saturated carbocycles. The first-order valence-electron chi connectivity index (χ1n) is 14.4. The van der Waals surface area contributed by atoms with E-state index in [9.17, 15) is 9.59 Å². The van der Waals surface area contributed by atoms with Gasteiger partial charge < -0.3 is 9.72 Å². The van der Waals surface area contributed by atoms with E-state index >= 15 is 0 Å². The summed E-state index contributed by atoms with van der Waals surface area (Å²) in [6.07, 6.45) is 2.61. The maximum absolute atomic E-state index is 14.0. The molecule has 0 aliphatic carbocycles. The summed E-state index contributed by atoms with van der Waals surface area (Å²) in [5, 5.41) is 8.39. The third kappa shape index (κ3) is 5.60. The SMILES string of the molecule is COc1ccc(-n2c(CC(=O)CN3N=C(c4ccccc4)CC3c3c[nH]c4ccccc34)nc3c(Br)cc(Br)cc3c2=O)cc1. The molecule has 1 unspecified atom stereocenters. The standard InChI is InChI=1S/C35H27Br2N5O3/c1-45-25-13-11-23(12-14-25)42-33(39-34-27(35(42)44)15-22(36)16-29(34)37)17-24(43)20-41-32(18-31(40-41)21-7-3-2-4-8-21)28-19-38-30-10-6-5-9-26(28)30/h2-16,19,32,38H,17-18,20H2,1H3. The van der Waals surface area contributed by atoms with Crippen molar-refractivity contribution in [2.24, 2.45) is 5.10 Å². The van der Waals surface area contributed by atoms with Crippen LogP contribution in [0.3, 0.4) is 0 Å². The van der Waals surface area contributed by atoms with Gasteiger partial charge in [-0.15, -0.1) is 0 Å². The largest absolute Gasteiger partial charge is 0.497 e. The highest BCUT2D eigenvalue weighted by Gasteiger charge is 2.32. The quantitative estimate of drug-likeness (QED) is 0.177. The number of hydrogen-bond donors (Lipinski definition) is 1. The Hall–Kier alpha value is -4.54. The van der Waals surface area contributed by atoms with Crippen molar-refractivity contribution >= 4 is 65.2 Å². The smallest absolute Gasteiger partial charge is 0.266 e. The van der Waals surface area contributed by atoms with E-state index in [1.807, 2.05) is 65.8 Å². The first kappa shape index (κ1) is 29.2. The predicted octanol–water partition coefficient (Wildman–Crippen LogP) is 7.36. The fraction of sp³-hybridized carbons (Fsp3) is 0.143. The van der Waals surface area contributed by atoms with Crippen molar-refractivity contribution < 1.29 is 9.53 Å².